The quantitative estimate of drug-likeness (QED) is 0.298. The highest BCUT2D eigenvalue weighted by Gasteiger charge is 2.49. The molecule has 1 saturated heterocycles. The van der Waals surface area contributed by atoms with Crippen molar-refractivity contribution in [1.82, 2.24) is 30.8 Å². The number of piperidine rings is 1. The molecule has 43 heavy (non-hydrogen) atoms. The van der Waals surface area contributed by atoms with Crippen molar-refractivity contribution in [1.29, 1.82) is 0 Å². The number of fused-ring (bicyclic) bond motifs is 2. The first-order valence-corrected chi connectivity index (χ1v) is 13.8. The molecule has 1 fully saturated rings. The molecule has 2 aliphatic rings. The molecule has 11 nitrogen and oxygen atoms in total. The lowest BCUT2D eigenvalue weighted by Gasteiger charge is -2.45. The van der Waals surface area contributed by atoms with Crippen LogP contribution in [-0.4, -0.2) is 62.6 Å². The number of hydrogen-bond donors (Lipinski definition) is 3. The number of aromatic amines is 1. The number of ether oxygens (including phenoxy) is 1. The van der Waals surface area contributed by atoms with Crippen LogP contribution in [0.3, 0.4) is 0 Å². The molecule has 14 heteroatoms. The van der Waals surface area contributed by atoms with E-state index in [0.717, 1.165) is 0 Å². The molecule has 2 aliphatic heterocycles. The highest BCUT2D eigenvalue weighted by molar-refractivity contribution is 6.31. The van der Waals surface area contributed by atoms with E-state index in [1.165, 1.54) is 35.2 Å². The summed E-state index contributed by atoms with van der Waals surface area (Å²) < 4.78 is 35.1. The van der Waals surface area contributed by atoms with Crippen LogP contribution in [0.5, 0.6) is 0 Å². The molecule has 0 radical (unpaired) electrons. The molecule has 0 unspecified atom stereocenters. The average molecular weight is 608 g/mol. The number of hydrogen-bond acceptors (Lipinski definition) is 7. The summed E-state index contributed by atoms with van der Waals surface area (Å²) in [4.78, 5) is 41.4. The minimum absolute atomic E-state index is 0.0332. The number of amides is 3. The van der Waals surface area contributed by atoms with E-state index in [1.807, 2.05) is 0 Å². The highest BCUT2D eigenvalue weighted by atomic mass is 35.5. The molecule has 1 aromatic heterocycles. The van der Waals surface area contributed by atoms with Gasteiger partial charge in [-0.05, 0) is 60.0 Å². The van der Waals surface area contributed by atoms with Crippen LogP contribution in [0.25, 0.3) is 11.4 Å². The van der Waals surface area contributed by atoms with Gasteiger partial charge in [0.2, 0.25) is 11.7 Å². The van der Waals surface area contributed by atoms with Gasteiger partial charge >= 0.3 is 6.09 Å². The second-order valence-electron chi connectivity index (χ2n) is 10.3. The summed E-state index contributed by atoms with van der Waals surface area (Å²) in [6.45, 7) is 0.0816. The number of nitrogens with zero attached hydrogens (tertiary/aromatic N) is 4. The number of tetrazole rings is 1. The van der Waals surface area contributed by atoms with Crippen molar-refractivity contribution >= 4 is 35.2 Å². The summed E-state index contributed by atoms with van der Waals surface area (Å²) in [6.07, 6.45) is -0.195. The van der Waals surface area contributed by atoms with Crippen molar-refractivity contribution in [2.75, 3.05) is 18.4 Å². The Balaban J connectivity index is 1.30. The SMILES string of the molecule is O=C1Nc2ccc(Cl)c(F)c2[C@@]2(CCCN(C(=O)[C@H](Cc3cccc(F)c3)NC(=O)c3cccc(-c4nn[nH]n4)c3)C2)O1. The first-order chi connectivity index (χ1) is 20.7. The highest BCUT2D eigenvalue weighted by Crippen LogP contribution is 2.45. The van der Waals surface area contributed by atoms with Gasteiger partial charge in [0, 0.05) is 24.1 Å². The molecule has 6 rings (SSSR count). The first kappa shape index (κ1) is 28.2. The largest absolute Gasteiger partial charge is 0.436 e. The number of halogens is 3. The minimum atomic E-state index is -1.49. The summed E-state index contributed by atoms with van der Waals surface area (Å²) in [5.74, 6) is -2.04. The summed E-state index contributed by atoms with van der Waals surface area (Å²) >= 11 is 6.08. The molecule has 3 heterocycles. The molecule has 4 aromatic rings. The predicted molar refractivity (Wildman–Crippen MR) is 150 cm³/mol. The number of carbonyl (C=O) groups excluding carboxylic acids is 3. The third-order valence-corrected chi connectivity index (χ3v) is 7.79. The van der Waals surface area contributed by atoms with Gasteiger partial charge in [-0.15, -0.1) is 10.2 Å². The Kier molecular flexibility index (Phi) is 7.48. The maximum absolute atomic E-state index is 15.4. The molecule has 0 aliphatic carbocycles. The maximum Gasteiger partial charge on any atom is 0.412 e. The van der Waals surface area contributed by atoms with E-state index in [2.05, 4.69) is 31.3 Å². The summed E-state index contributed by atoms with van der Waals surface area (Å²) in [5, 5.41) is 18.9. The molecule has 0 saturated carbocycles. The smallest absolute Gasteiger partial charge is 0.412 e. The molecule has 3 amide bonds. The lowest BCUT2D eigenvalue weighted by molar-refractivity contribution is -0.141. The molecule has 1 spiro atoms. The Morgan fingerprint density at radius 3 is 2.77 bits per heavy atom. The van der Waals surface area contributed by atoms with E-state index in [4.69, 9.17) is 16.3 Å². The topological polar surface area (TPSA) is 142 Å². The van der Waals surface area contributed by atoms with Crippen molar-refractivity contribution < 1.29 is 27.9 Å². The zero-order valence-electron chi connectivity index (χ0n) is 22.4. The van der Waals surface area contributed by atoms with Gasteiger partial charge < -0.3 is 15.0 Å². The van der Waals surface area contributed by atoms with E-state index in [9.17, 15) is 18.8 Å². The average Bonchev–Trinajstić information content (AvgIpc) is 3.54. The van der Waals surface area contributed by atoms with Crippen LogP contribution < -0.4 is 10.6 Å². The van der Waals surface area contributed by atoms with Gasteiger partial charge in [-0.2, -0.15) is 5.21 Å². The summed E-state index contributed by atoms with van der Waals surface area (Å²) in [5.41, 5.74) is 0.00117. The number of H-pyrrole nitrogens is 1. The zero-order chi connectivity index (χ0) is 30.1. The van der Waals surface area contributed by atoms with Crippen LogP contribution in [-0.2, 0) is 21.6 Å². The van der Waals surface area contributed by atoms with Crippen LogP contribution in [0.4, 0.5) is 19.3 Å². The Bertz CT molecular complexity index is 1720. The van der Waals surface area contributed by atoms with Crippen molar-refractivity contribution in [3.8, 4) is 11.4 Å². The van der Waals surface area contributed by atoms with Crippen molar-refractivity contribution in [2.24, 2.45) is 0 Å². The number of rotatable bonds is 6. The Labute approximate surface area is 248 Å². The second-order valence-corrected chi connectivity index (χ2v) is 10.7. The third-order valence-electron chi connectivity index (χ3n) is 7.50. The van der Waals surface area contributed by atoms with Crippen LogP contribution in [0.1, 0.15) is 34.3 Å². The lowest BCUT2D eigenvalue weighted by atomic mass is 9.82. The van der Waals surface area contributed by atoms with Crippen LogP contribution >= 0.6 is 11.6 Å². The second kappa shape index (κ2) is 11.4. The molecular weight excluding hydrogens is 584 g/mol. The molecule has 3 aromatic carbocycles. The predicted octanol–water partition coefficient (Wildman–Crippen LogP) is 4.22. The Hall–Kier alpha value is -4.91. The number of likely N-dealkylation sites (tertiary alicyclic amines) is 1. The van der Waals surface area contributed by atoms with Gasteiger partial charge in [0.25, 0.3) is 5.91 Å². The first-order valence-electron chi connectivity index (χ1n) is 13.4. The number of carbonyl (C=O) groups is 3. The number of anilines is 1. The normalized spacial score (nSPS) is 18.4. The molecule has 2 atom stereocenters. The number of aromatic nitrogens is 4. The third kappa shape index (κ3) is 5.63. The Morgan fingerprint density at radius 2 is 1.98 bits per heavy atom. The van der Waals surface area contributed by atoms with Crippen molar-refractivity contribution in [3.63, 3.8) is 0 Å². The van der Waals surface area contributed by atoms with Crippen LogP contribution in [0.2, 0.25) is 5.02 Å². The van der Waals surface area contributed by atoms with E-state index >= 15 is 4.39 Å². The van der Waals surface area contributed by atoms with E-state index < -0.39 is 41.2 Å². The molecular formula is C29H24ClF2N7O4. The zero-order valence-corrected chi connectivity index (χ0v) is 23.2. The Morgan fingerprint density at radius 1 is 1.14 bits per heavy atom. The van der Waals surface area contributed by atoms with Crippen LogP contribution in [0.15, 0.2) is 60.7 Å². The van der Waals surface area contributed by atoms with Crippen molar-refractivity contribution in [2.45, 2.75) is 30.9 Å². The van der Waals surface area contributed by atoms with E-state index in [-0.39, 0.29) is 53.6 Å². The number of nitrogens with one attached hydrogen (secondary N) is 3. The maximum atomic E-state index is 15.4. The lowest BCUT2D eigenvalue weighted by Crippen LogP contribution is -2.57. The summed E-state index contributed by atoms with van der Waals surface area (Å²) in [7, 11) is 0. The fourth-order valence-corrected chi connectivity index (χ4v) is 5.76. The molecule has 3 N–H and O–H groups in total. The standard InChI is InChI=1S/C29H24ClF2N7O4/c30-20-8-9-21-23(24(20)32)29(43-28(42)34-21)10-3-11-39(15-29)27(41)22(13-16-4-1-7-19(31)12-16)33-26(40)18-6-2-5-17(14-18)25-35-37-38-36-25/h1-2,4-9,12,14,22H,3,10-11,13,15H2,(H,33,40)(H,34,42)(H,35,36,37,38)/t22-,29-/m0/s1. The van der Waals surface area contributed by atoms with Crippen molar-refractivity contribution in [3.05, 3.63) is 94.0 Å². The van der Waals surface area contributed by atoms with Gasteiger partial charge in [0.05, 0.1) is 22.8 Å². The molecule has 220 valence electrons. The van der Waals surface area contributed by atoms with Gasteiger partial charge in [0.1, 0.15) is 11.9 Å². The van der Waals surface area contributed by atoms with Gasteiger partial charge in [0.15, 0.2) is 11.4 Å². The fourth-order valence-electron chi connectivity index (χ4n) is 5.61. The monoisotopic (exact) mass is 607 g/mol. The van der Waals surface area contributed by atoms with Gasteiger partial charge in [-0.25, -0.2) is 13.6 Å². The molecule has 0 bridgehead atoms. The van der Waals surface area contributed by atoms with E-state index in [0.29, 0.717) is 17.5 Å². The summed E-state index contributed by atoms with van der Waals surface area (Å²) in [6, 6.07) is 13.9. The van der Waals surface area contributed by atoms with E-state index in [1.54, 1.807) is 30.3 Å². The fraction of sp³-hybridized carbons (Fsp3) is 0.241. The minimum Gasteiger partial charge on any atom is -0.436 e. The van der Waals surface area contributed by atoms with Gasteiger partial charge in [-0.1, -0.05) is 35.9 Å². The van der Waals surface area contributed by atoms with Gasteiger partial charge in [-0.3, -0.25) is 14.9 Å². The van der Waals surface area contributed by atoms with Crippen LogP contribution in [0, 0.1) is 11.6 Å². The number of benzene rings is 3.